The Labute approximate surface area is 111 Å². The van der Waals surface area contributed by atoms with E-state index in [0.29, 0.717) is 16.5 Å². The summed E-state index contributed by atoms with van der Waals surface area (Å²) in [5, 5.41) is 3.97. The van der Waals surface area contributed by atoms with Crippen molar-refractivity contribution in [3.63, 3.8) is 0 Å². The first kappa shape index (κ1) is 11.7. The average molecular weight is 248 g/mol. The van der Waals surface area contributed by atoms with Gasteiger partial charge in [0.1, 0.15) is 0 Å². The van der Waals surface area contributed by atoms with E-state index in [9.17, 15) is 0 Å². The van der Waals surface area contributed by atoms with Crippen LogP contribution in [0.1, 0.15) is 58.8 Å². The van der Waals surface area contributed by atoms with E-state index in [-0.39, 0.29) is 0 Å². The number of nitrogens with one attached hydrogen (secondary N) is 1. The maximum atomic E-state index is 6.25. The molecule has 1 heterocycles. The number of rotatable bonds is 3. The van der Waals surface area contributed by atoms with Crippen LogP contribution >= 0.6 is 0 Å². The lowest BCUT2D eigenvalue weighted by molar-refractivity contribution is 0.128. The van der Waals surface area contributed by atoms with Gasteiger partial charge in [0.25, 0.3) is 0 Å². The Morgan fingerprint density at radius 2 is 2.11 bits per heavy atom. The highest BCUT2D eigenvalue weighted by Gasteiger charge is 2.78. The number of hydrogen-bond acceptors (Lipinski definition) is 2. The Kier molecular flexibility index (Phi) is 2.16. The molecule has 6 unspecified atom stereocenters. The molecule has 3 aliphatic carbocycles. The van der Waals surface area contributed by atoms with E-state index in [1.165, 1.54) is 44.9 Å². The third-order valence-electron chi connectivity index (χ3n) is 7.34. The summed E-state index contributed by atoms with van der Waals surface area (Å²) in [5.41, 5.74) is 7.70. The molecular formula is C16H28N2. The Morgan fingerprint density at radius 3 is 2.83 bits per heavy atom. The maximum absolute atomic E-state index is 6.25. The van der Waals surface area contributed by atoms with Crippen molar-refractivity contribution < 1.29 is 0 Å². The van der Waals surface area contributed by atoms with Crippen molar-refractivity contribution >= 4 is 0 Å². The molecule has 2 heteroatoms. The zero-order chi connectivity index (χ0) is 12.6. The molecule has 18 heavy (non-hydrogen) atoms. The van der Waals surface area contributed by atoms with E-state index in [2.05, 4.69) is 19.2 Å². The molecule has 0 aromatic heterocycles. The number of nitrogens with two attached hydrogens (primary N) is 1. The zero-order valence-electron chi connectivity index (χ0n) is 12.0. The standard InChI is InChI=1S/C16H28N2/c1-3-7-14(2)16(18-14)9-15(10-17)8-13(16)11-5-4-6-12(11)15/h11-13,18H,3-10,17H2,1-2H3. The molecule has 4 aliphatic rings. The van der Waals surface area contributed by atoms with E-state index < -0.39 is 0 Å². The van der Waals surface area contributed by atoms with Gasteiger partial charge in [0, 0.05) is 11.1 Å². The molecule has 2 bridgehead atoms. The lowest BCUT2D eigenvalue weighted by atomic mass is 9.65. The van der Waals surface area contributed by atoms with Gasteiger partial charge < -0.3 is 11.1 Å². The van der Waals surface area contributed by atoms with E-state index in [1.54, 1.807) is 0 Å². The third kappa shape index (κ3) is 1.09. The minimum Gasteiger partial charge on any atom is -0.330 e. The van der Waals surface area contributed by atoms with Crippen molar-refractivity contribution in [3.8, 4) is 0 Å². The Morgan fingerprint density at radius 1 is 1.28 bits per heavy atom. The largest absolute Gasteiger partial charge is 0.330 e. The van der Waals surface area contributed by atoms with Crippen LogP contribution in [-0.2, 0) is 0 Å². The first-order chi connectivity index (χ1) is 8.61. The summed E-state index contributed by atoms with van der Waals surface area (Å²) in [5.74, 6) is 2.94. The highest BCUT2D eigenvalue weighted by atomic mass is 15.3. The minimum atomic E-state index is 0.441. The van der Waals surface area contributed by atoms with Gasteiger partial charge in [-0.1, -0.05) is 19.8 Å². The summed E-state index contributed by atoms with van der Waals surface area (Å²) >= 11 is 0. The molecule has 0 aromatic carbocycles. The van der Waals surface area contributed by atoms with Crippen molar-refractivity contribution in [2.45, 2.75) is 69.9 Å². The van der Waals surface area contributed by atoms with E-state index in [0.717, 1.165) is 24.3 Å². The van der Waals surface area contributed by atoms with Crippen molar-refractivity contribution in [2.75, 3.05) is 6.54 Å². The molecule has 1 saturated heterocycles. The summed E-state index contributed by atoms with van der Waals surface area (Å²) in [7, 11) is 0. The Hall–Kier alpha value is -0.0800. The second-order valence-corrected chi connectivity index (χ2v) is 7.93. The SMILES string of the molecule is CCCC1(C)NC12CC1(CN)CC2C2CCCC21. The van der Waals surface area contributed by atoms with Gasteiger partial charge in [0.2, 0.25) is 0 Å². The Balaban J connectivity index is 1.68. The number of fused-ring (bicyclic) bond motifs is 6. The molecule has 4 fully saturated rings. The van der Waals surface area contributed by atoms with Crippen LogP contribution < -0.4 is 11.1 Å². The molecule has 1 aliphatic heterocycles. The average Bonchev–Trinajstić information content (AvgIpc) is 2.78. The van der Waals surface area contributed by atoms with Gasteiger partial charge in [-0.2, -0.15) is 0 Å². The van der Waals surface area contributed by atoms with Crippen LogP contribution in [0.2, 0.25) is 0 Å². The third-order valence-corrected chi connectivity index (χ3v) is 7.34. The number of hydrogen-bond donors (Lipinski definition) is 2. The molecule has 0 aromatic rings. The maximum Gasteiger partial charge on any atom is 0.0403 e. The fraction of sp³-hybridized carbons (Fsp3) is 1.00. The van der Waals surface area contributed by atoms with Crippen LogP contribution in [0.3, 0.4) is 0 Å². The van der Waals surface area contributed by atoms with E-state index >= 15 is 0 Å². The first-order valence-electron chi connectivity index (χ1n) is 8.10. The monoisotopic (exact) mass is 248 g/mol. The predicted octanol–water partition coefficient (Wildman–Crippen LogP) is 2.67. The predicted molar refractivity (Wildman–Crippen MR) is 74.2 cm³/mol. The molecule has 6 atom stereocenters. The molecule has 0 radical (unpaired) electrons. The molecule has 4 rings (SSSR count). The van der Waals surface area contributed by atoms with Gasteiger partial charge in [-0.15, -0.1) is 0 Å². The quantitative estimate of drug-likeness (QED) is 0.754. The lowest BCUT2D eigenvalue weighted by Gasteiger charge is -2.39. The van der Waals surface area contributed by atoms with Crippen molar-refractivity contribution in [1.29, 1.82) is 0 Å². The van der Waals surface area contributed by atoms with Crippen molar-refractivity contribution in [3.05, 3.63) is 0 Å². The van der Waals surface area contributed by atoms with Gasteiger partial charge in [0.15, 0.2) is 0 Å². The Bertz CT molecular complexity index is 381. The highest BCUT2D eigenvalue weighted by molar-refractivity contribution is 5.35. The van der Waals surface area contributed by atoms with Gasteiger partial charge in [-0.05, 0) is 68.7 Å². The second-order valence-electron chi connectivity index (χ2n) is 7.93. The van der Waals surface area contributed by atoms with Gasteiger partial charge in [0.05, 0.1) is 0 Å². The summed E-state index contributed by atoms with van der Waals surface area (Å²) in [6.07, 6.45) is 9.91. The molecule has 0 amide bonds. The molecule has 3 N–H and O–H groups in total. The van der Waals surface area contributed by atoms with Crippen LogP contribution in [0, 0.1) is 23.2 Å². The fourth-order valence-electron chi connectivity index (χ4n) is 6.70. The van der Waals surface area contributed by atoms with Crippen LogP contribution in [-0.4, -0.2) is 17.6 Å². The normalized spacial score (nSPS) is 60.5. The van der Waals surface area contributed by atoms with Crippen molar-refractivity contribution in [2.24, 2.45) is 28.9 Å². The van der Waals surface area contributed by atoms with Gasteiger partial charge in [-0.3, -0.25) is 0 Å². The van der Waals surface area contributed by atoms with Crippen LogP contribution in [0.15, 0.2) is 0 Å². The first-order valence-corrected chi connectivity index (χ1v) is 8.10. The van der Waals surface area contributed by atoms with Crippen LogP contribution in [0.5, 0.6) is 0 Å². The van der Waals surface area contributed by atoms with Crippen LogP contribution in [0.4, 0.5) is 0 Å². The van der Waals surface area contributed by atoms with Gasteiger partial charge >= 0.3 is 0 Å². The van der Waals surface area contributed by atoms with E-state index in [4.69, 9.17) is 5.73 Å². The van der Waals surface area contributed by atoms with Gasteiger partial charge in [-0.25, -0.2) is 0 Å². The summed E-state index contributed by atoms with van der Waals surface area (Å²) in [6, 6.07) is 0. The second kappa shape index (κ2) is 3.32. The minimum absolute atomic E-state index is 0.441. The van der Waals surface area contributed by atoms with Crippen molar-refractivity contribution in [1.82, 2.24) is 5.32 Å². The summed E-state index contributed by atoms with van der Waals surface area (Å²) < 4.78 is 0. The molecule has 1 spiro atoms. The zero-order valence-corrected chi connectivity index (χ0v) is 12.0. The lowest BCUT2D eigenvalue weighted by Crippen LogP contribution is -2.43. The molecule has 2 nitrogen and oxygen atoms in total. The summed E-state index contributed by atoms with van der Waals surface area (Å²) in [4.78, 5) is 0. The molecule has 102 valence electrons. The molecule has 3 saturated carbocycles. The van der Waals surface area contributed by atoms with E-state index in [1.807, 2.05) is 0 Å². The highest BCUT2D eigenvalue weighted by Crippen LogP contribution is 2.74. The fourth-order valence-corrected chi connectivity index (χ4v) is 6.70. The smallest absolute Gasteiger partial charge is 0.0403 e. The van der Waals surface area contributed by atoms with Crippen LogP contribution in [0.25, 0.3) is 0 Å². The molecular weight excluding hydrogens is 220 g/mol. The summed E-state index contributed by atoms with van der Waals surface area (Å²) in [6.45, 7) is 5.74. The topological polar surface area (TPSA) is 48.0 Å².